The van der Waals surface area contributed by atoms with E-state index in [4.69, 9.17) is 4.74 Å². The van der Waals surface area contributed by atoms with Crippen LogP contribution in [0.25, 0.3) is 0 Å². The van der Waals surface area contributed by atoms with Gasteiger partial charge in [-0.3, -0.25) is 9.79 Å². The van der Waals surface area contributed by atoms with Crippen molar-refractivity contribution in [1.29, 1.82) is 0 Å². The minimum Gasteiger partial charge on any atom is -0.385 e. The molecule has 0 aromatic heterocycles. The second-order valence-electron chi connectivity index (χ2n) is 6.70. The molecule has 0 aromatic carbocycles. The average Bonchev–Trinajstić information content (AvgIpc) is 2.64. The first-order valence-electron chi connectivity index (χ1n) is 9.57. The van der Waals surface area contributed by atoms with Crippen molar-refractivity contribution in [2.45, 2.75) is 38.5 Å². The van der Waals surface area contributed by atoms with Gasteiger partial charge >= 0.3 is 0 Å². The van der Waals surface area contributed by atoms with E-state index in [1.165, 1.54) is 19.3 Å². The lowest BCUT2D eigenvalue weighted by Crippen LogP contribution is -2.44. The number of methoxy groups -OCH3 is 1. The average molecular weight is 483 g/mol. The molecule has 1 rings (SSSR count). The van der Waals surface area contributed by atoms with Crippen LogP contribution in [-0.4, -0.2) is 77.3 Å². The molecule has 3 N–H and O–H groups in total. The zero-order chi connectivity index (χ0) is 18.3. The molecule has 0 unspecified atom stereocenters. The number of hydrogen-bond acceptors (Lipinski definition) is 4. The van der Waals surface area contributed by atoms with Gasteiger partial charge in [-0.25, -0.2) is 0 Å². The molecule has 26 heavy (non-hydrogen) atoms. The van der Waals surface area contributed by atoms with Crippen molar-refractivity contribution in [2.75, 3.05) is 60.5 Å². The lowest BCUT2D eigenvalue weighted by Gasteiger charge is -2.21. The fraction of sp³-hybridized carbons (Fsp3) is 0.889. The number of nitrogens with zero attached hydrogens (tertiary/aromatic N) is 2. The van der Waals surface area contributed by atoms with Crippen LogP contribution in [0.1, 0.15) is 38.5 Å². The zero-order valence-corrected chi connectivity index (χ0v) is 19.0. The smallest absolute Gasteiger partial charge is 0.223 e. The second kappa shape index (κ2) is 16.6. The monoisotopic (exact) mass is 483 g/mol. The number of carbonyl (C=O) groups excluding carboxylic acids is 1. The maximum atomic E-state index is 12.1. The highest BCUT2D eigenvalue weighted by Gasteiger charge is 2.20. The van der Waals surface area contributed by atoms with Crippen molar-refractivity contribution in [2.24, 2.45) is 10.9 Å². The van der Waals surface area contributed by atoms with Crippen molar-refractivity contribution < 1.29 is 9.53 Å². The SMILES string of the molecule is CN=C(NCCNC(=O)C1CCCCC1)NCCN(C)CCCOC.I. The summed E-state index contributed by atoms with van der Waals surface area (Å²) in [5.41, 5.74) is 0. The molecule has 154 valence electrons. The van der Waals surface area contributed by atoms with E-state index in [0.717, 1.165) is 51.5 Å². The van der Waals surface area contributed by atoms with Crippen LogP contribution >= 0.6 is 24.0 Å². The Balaban J connectivity index is 0.00000625. The Morgan fingerprint density at radius 1 is 1.08 bits per heavy atom. The van der Waals surface area contributed by atoms with Crippen LogP contribution in [0.4, 0.5) is 0 Å². The largest absolute Gasteiger partial charge is 0.385 e. The van der Waals surface area contributed by atoms with Gasteiger partial charge in [-0.05, 0) is 26.3 Å². The predicted octanol–water partition coefficient (Wildman–Crippen LogP) is 1.43. The van der Waals surface area contributed by atoms with E-state index >= 15 is 0 Å². The molecule has 0 atom stereocenters. The van der Waals surface area contributed by atoms with E-state index in [1.807, 2.05) is 0 Å². The topological polar surface area (TPSA) is 78.0 Å². The number of nitrogens with one attached hydrogen (secondary N) is 3. The van der Waals surface area contributed by atoms with Crippen molar-refractivity contribution in [3.63, 3.8) is 0 Å². The van der Waals surface area contributed by atoms with E-state index in [9.17, 15) is 4.79 Å². The van der Waals surface area contributed by atoms with Crippen LogP contribution in [0.3, 0.4) is 0 Å². The van der Waals surface area contributed by atoms with Gasteiger partial charge in [-0.2, -0.15) is 0 Å². The number of halogens is 1. The van der Waals surface area contributed by atoms with Crippen molar-refractivity contribution in [1.82, 2.24) is 20.9 Å². The highest BCUT2D eigenvalue weighted by molar-refractivity contribution is 14.0. The third-order valence-corrected chi connectivity index (χ3v) is 4.59. The molecular formula is C18H38IN5O2. The van der Waals surface area contributed by atoms with E-state index in [-0.39, 0.29) is 35.8 Å². The van der Waals surface area contributed by atoms with Gasteiger partial charge in [-0.15, -0.1) is 24.0 Å². The molecule has 1 fully saturated rings. The minimum atomic E-state index is 0. The van der Waals surface area contributed by atoms with Crippen LogP contribution < -0.4 is 16.0 Å². The fourth-order valence-corrected chi connectivity index (χ4v) is 3.05. The quantitative estimate of drug-likeness (QED) is 0.180. The van der Waals surface area contributed by atoms with E-state index in [0.29, 0.717) is 13.1 Å². The lowest BCUT2D eigenvalue weighted by molar-refractivity contribution is -0.125. The van der Waals surface area contributed by atoms with Gasteiger partial charge in [0.15, 0.2) is 5.96 Å². The molecule has 0 radical (unpaired) electrons. The van der Waals surface area contributed by atoms with Gasteiger partial charge in [0.25, 0.3) is 0 Å². The maximum absolute atomic E-state index is 12.1. The number of likely N-dealkylation sites (N-methyl/N-ethyl adjacent to an activating group) is 1. The van der Waals surface area contributed by atoms with Gasteiger partial charge < -0.3 is 25.6 Å². The summed E-state index contributed by atoms with van der Waals surface area (Å²) in [6.07, 6.45) is 6.77. The molecule has 0 spiro atoms. The summed E-state index contributed by atoms with van der Waals surface area (Å²) < 4.78 is 5.06. The van der Waals surface area contributed by atoms with Crippen molar-refractivity contribution >= 4 is 35.8 Å². The zero-order valence-electron chi connectivity index (χ0n) is 16.7. The maximum Gasteiger partial charge on any atom is 0.223 e. The molecule has 0 aromatic rings. The Hall–Kier alpha value is -0.610. The molecular weight excluding hydrogens is 445 g/mol. The lowest BCUT2D eigenvalue weighted by atomic mass is 9.89. The summed E-state index contributed by atoms with van der Waals surface area (Å²) in [4.78, 5) is 18.5. The molecule has 1 saturated carbocycles. The summed E-state index contributed by atoms with van der Waals surface area (Å²) in [5.74, 6) is 1.21. The highest BCUT2D eigenvalue weighted by Crippen LogP contribution is 2.23. The Kier molecular flexibility index (Phi) is 16.2. The number of rotatable bonds is 11. The molecule has 0 heterocycles. The molecule has 0 bridgehead atoms. The normalized spacial score (nSPS) is 15.5. The predicted molar refractivity (Wildman–Crippen MR) is 118 cm³/mol. The Morgan fingerprint density at radius 3 is 2.38 bits per heavy atom. The third kappa shape index (κ3) is 11.9. The molecule has 7 nitrogen and oxygen atoms in total. The molecule has 0 aliphatic heterocycles. The summed E-state index contributed by atoms with van der Waals surface area (Å²) >= 11 is 0. The Morgan fingerprint density at radius 2 is 1.73 bits per heavy atom. The summed E-state index contributed by atoms with van der Waals surface area (Å²) in [6, 6.07) is 0. The van der Waals surface area contributed by atoms with Gasteiger partial charge in [0, 0.05) is 59.4 Å². The van der Waals surface area contributed by atoms with Crippen molar-refractivity contribution in [3.05, 3.63) is 0 Å². The number of guanidine groups is 1. The van der Waals surface area contributed by atoms with Gasteiger partial charge in [-0.1, -0.05) is 19.3 Å². The minimum absolute atomic E-state index is 0. The molecule has 1 aliphatic carbocycles. The van der Waals surface area contributed by atoms with E-state index in [2.05, 4.69) is 32.9 Å². The third-order valence-electron chi connectivity index (χ3n) is 4.59. The van der Waals surface area contributed by atoms with E-state index < -0.39 is 0 Å². The molecule has 1 aliphatic rings. The van der Waals surface area contributed by atoms with E-state index in [1.54, 1.807) is 14.2 Å². The Bertz CT molecular complexity index is 390. The van der Waals surface area contributed by atoms with Crippen LogP contribution in [0, 0.1) is 5.92 Å². The van der Waals surface area contributed by atoms with Crippen LogP contribution in [-0.2, 0) is 9.53 Å². The molecule has 8 heteroatoms. The number of hydrogen-bond donors (Lipinski definition) is 3. The summed E-state index contributed by atoms with van der Waals surface area (Å²) in [7, 11) is 5.60. The first-order valence-corrected chi connectivity index (χ1v) is 9.57. The number of ether oxygens (including phenoxy) is 1. The first-order chi connectivity index (χ1) is 12.2. The van der Waals surface area contributed by atoms with Gasteiger partial charge in [0.2, 0.25) is 5.91 Å². The molecule has 1 amide bonds. The van der Waals surface area contributed by atoms with Crippen LogP contribution in [0.15, 0.2) is 4.99 Å². The number of carbonyl (C=O) groups is 1. The summed E-state index contributed by atoms with van der Waals surface area (Å²) in [5, 5.41) is 9.57. The van der Waals surface area contributed by atoms with Crippen molar-refractivity contribution in [3.8, 4) is 0 Å². The number of aliphatic imine (C=N–C) groups is 1. The van der Waals surface area contributed by atoms with Gasteiger partial charge in [0.05, 0.1) is 0 Å². The highest BCUT2D eigenvalue weighted by atomic mass is 127. The standard InChI is InChI=1S/C18H37N5O2.HI/c1-19-18(22-12-14-23(2)13-7-15-25-3)21-11-10-20-17(24)16-8-5-4-6-9-16;/h16H,4-15H2,1-3H3,(H,20,24)(H2,19,21,22);1H. The second-order valence-corrected chi connectivity index (χ2v) is 6.70. The number of amides is 1. The fourth-order valence-electron chi connectivity index (χ4n) is 3.05. The summed E-state index contributed by atoms with van der Waals surface area (Å²) in [6.45, 7) is 4.91. The van der Waals surface area contributed by atoms with Gasteiger partial charge in [0.1, 0.15) is 0 Å². The Labute approximate surface area is 176 Å². The van der Waals surface area contributed by atoms with Crippen LogP contribution in [0.2, 0.25) is 0 Å². The molecule has 0 saturated heterocycles. The van der Waals surface area contributed by atoms with Crippen LogP contribution in [0.5, 0.6) is 0 Å². The first kappa shape index (κ1) is 25.4.